The molecular weight excluding hydrogens is 316 g/mol. The van der Waals surface area contributed by atoms with Gasteiger partial charge in [-0.2, -0.15) is 0 Å². The van der Waals surface area contributed by atoms with Gasteiger partial charge in [0.2, 0.25) is 0 Å². The molecule has 0 N–H and O–H groups in total. The summed E-state index contributed by atoms with van der Waals surface area (Å²) >= 11 is 0. The third-order valence-corrected chi connectivity index (χ3v) is 7.36. The van der Waals surface area contributed by atoms with Gasteiger partial charge in [0.25, 0.3) is 5.97 Å². The fourth-order valence-corrected chi connectivity index (χ4v) is 4.82. The van der Waals surface area contributed by atoms with Gasteiger partial charge in [-0.1, -0.05) is 20.8 Å². The van der Waals surface area contributed by atoms with E-state index in [-0.39, 0.29) is 5.73 Å². The number of rotatable bonds is 11. The van der Waals surface area contributed by atoms with Crippen molar-refractivity contribution in [2.24, 2.45) is 0 Å². The zero-order valence-electron chi connectivity index (χ0n) is 15.1. The standard InChI is InChI=1S/C16H32O6Si/c1-7-14(22-16(9-3)19-12-11-13-20-16)21-15(8-2)23(10-4,17-5)18-6/h10,14-15H,4,7-9,11-13H2,1-3,5-6H3. The van der Waals surface area contributed by atoms with E-state index in [0.29, 0.717) is 26.1 Å². The van der Waals surface area contributed by atoms with E-state index in [2.05, 4.69) is 6.58 Å². The van der Waals surface area contributed by atoms with Gasteiger partial charge >= 0.3 is 8.56 Å². The Bertz CT molecular complexity index is 341. The van der Waals surface area contributed by atoms with Gasteiger partial charge in [-0.3, -0.25) is 4.74 Å². The molecule has 0 bridgehead atoms. The molecule has 136 valence electrons. The van der Waals surface area contributed by atoms with E-state index in [1.54, 1.807) is 19.9 Å². The van der Waals surface area contributed by atoms with Gasteiger partial charge in [0, 0.05) is 20.6 Å². The van der Waals surface area contributed by atoms with Crippen molar-refractivity contribution in [1.29, 1.82) is 0 Å². The van der Waals surface area contributed by atoms with Crippen LogP contribution in [0.1, 0.15) is 46.5 Å². The predicted octanol–water partition coefficient (Wildman–Crippen LogP) is 3.03. The maximum Gasteiger partial charge on any atom is 0.394 e. The molecule has 2 unspecified atom stereocenters. The minimum absolute atomic E-state index is 0.225. The van der Waals surface area contributed by atoms with Crippen LogP contribution in [0.5, 0.6) is 0 Å². The lowest BCUT2D eigenvalue weighted by Gasteiger charge is -2.40. The van der Waals surface area contributed by atoms with Gasteiger partial charge in [0.05, 0.1) is 13.2 Å². The summed E-state index contributed by atoms with van der Waals surface area (Å²) in [6.07, 6.45) is 2.42. The second-order valence-corrected chi connectivity index (χ2v) is 8.72. The summed E-state index contributed by atoms with van der Waals surface area (Å²) in [4.78, 5) is 0. The third kappa shape index (κ3) is 5.09. The largest absolute Gasteiger partial charge is 0.394 e. The molecule has 0 amide bonds. The Hall–Kier alpha value is -0.283. The lowest BCUT2D eigenvalue weighted by atomic mass is 10.3. The van der Waals surface area contributed by atoms with Gasteiger partial charge < -0.3 is 23.1 Å². The molecule has 1 rings (SSSR count). The fraction of sp³-hybridized carbons (Fsp3) is 0.875. The number of hydrogen-bond acceptors (Lipinski definition) is 6. The molecule has 6 nitrogen and oxygen atoms in total. The van der Waals surface area contributed by atoms with Crippen LogP contribution in [-0.4, -0.2) is 54.0 Å². The average Bonchev–Trinajstić information content (AvgIpc) is 2.62. The number of ether oxygens (including phenoxy) is 4. The molecular formula is C16H32O6Si. The van der Waals surface area contributed by atoms with Gasteiger partial charge in [0.1, 0.15) is 5.73 Å². The highest BCUT2D eigenvalue weighted by Crippen LogP contribution is 2.29. The SMILES string of the molecule is C=C[Si](OC)(OC)C(CC)OC(CC)OC1(CC)OCCCO1. The molecule has 1 saturated heterocycles. The minimum atomic E-state index is -2.65. The Balaban J connectivity index is 2.81. The lowest BCUT2D eigenvalue weighted by Crippen LogP contribution is -2.54. The molecule has 1 aliphatic rings. The van der Waals surface area contributed by atoms with Crippen LogP contribution >= 0.6 is 0 Å². The average molecular weight is 349 g/mol. The van der Waals surface area contributed by atoms with E-state index < -0.39 is 20.8 Å². The lowest BCUT2D eigenvalue weighted by molar-refractivity contribution is -0.436. The van der Waals surface area contributed by atoms with Crippen molar-refractivity contribution in [2.75, 3.05) is 27.4 Å². The Labute approximate surface area is 141 Å². The summed E-state index contributed by atoms with van der Waals surface area (Å²) in [5, 5.41) is 0. The first-order valence-corrected chi connectivity index (χ1v) is 10.4. The van der Waals surface area contributed by atoms with Gasteiger partial charge in [-0.05, 0) is 25.0 Å². The van der Waals surface area contributed by atoms with E-state index in [0.717, 1.165) is 12.8 Å². The molecule has 7 heteroatoms. The molecule has 0 spiro atoms. The summed E-state index contributed by atoms with van der Waals surface area (Å²) in [7, 11) is 0.616. The van der Waals surface area contributed by atoms with Crippen LogP contribution in [0, 0.1) is 0 Å². The van der Waals surface area contributed by atoms with Crippen LogP contribution < -0.4 is 0 Å². The zero-order chi connectivity index (χ0) is 17.3. The van der Waals surface area contributed by atoms with Gasteiger partial charge in [-0.15, -0.1) is 6.58 Å². The van der Waals surface area contributed by atoms with Crippen molar-refractivity contribution in [3.63, 3.8) is 0 Å². The zero-order valence-corrected chi connectivity index (χ0v) is 16.1. The first-order chi connectivity index (χ1) is 11.0. The van der Waals surface area contributed by atoms with Crippen LogP contribution in [0.2, 0.25) is 0 Å². The predicted molar refractivity (Wildman–Crippen MR) is 89.8 cm³/mol. The summed E-state index contributed by atoms with van der Waals surface area (Å²) in [6, 6.07) is 0. The molecule has 0 aromatic carbocycles. The molecule has 23 heavy (non-hydrogen) atoms. The van der Waals surface area contributed by atoms with Crippen molar-refractivity contribution in [3.8, 4) is 0 Å². The van der Waals surface area contributed by atoms with Crippen LogP contribution in [0.15, 0.2) is 12.3 Å². The van der Waals surface area contributed by atoms with Crippen molar-refractivity contribution < 1.29 is 27.8 Å². The molecule has 1 heterocycles. The Morgan fingerprint density at radius 1 is 1.13 bits per heavy atom. The van der Waals surface area contributed by atoms with E-state index in [9.17, 15) is 0 Å². The van der Waals surface area contributed by atoms with Crippen molar-refractivity contribution >= 4 is 8.56 Å². The van der Waals surface area contributed by atoms with Gasteiger partial charge in [-0.25, -0.2) is 0 Å². The second-order valence-electron chi connectivity index (χ2n) is 5.41. The molecule has 0 aromatic heterocycles. The van der Waals surface area contributed by atoms with Crippen LogP contribution in [-0.2, 0) is 27.8 Å². The molecule has 2 atom stereocenters. The summed E-state index contributed by atoms with van der Waals surface area (Å²) in [6.45, 7) is 11.1. The van der Waals surface area contributed by atoms with E-state index in [1.807, 2.05) is 20.8 Å². The fourth-order valence-electron chi connectivity index (χ4n) is 2.62. The Morgan fingerprint density at radius 2 is 1.74 bits per heavy atom. The molecule has 1 fully saturated rings. The maximum absolute atomic E-state index is 6.17. The first-order valence-electron chi connectivity index (χ1n) is 8.40. The molecule has 0 aliphatic carbocycles. The van der Waals surface area contributed by atoms with E-state index in [1.165, 1.54) is 0 Å². The van der Waals surface area contributed by atoms with Crippen LogP contribution in [0.3, 0.4) is 0 Å². The normalized spacial score (nSPS) is 20.9. The molecule has 1 aliphatic heterocycles. The molecule has 0 aromatic rings. The highest BCUT2D eigenvalue weighted by molar-refractivity contribution is 6.73. The highest BCUT2D eigenvalue weighted by atomic mass is 28.4. The second kappa shape index (κ2) is 9.88. The summed E-state index contributed by atoms with van der Waals surface area (Å²) < 4.78 is 34.9. The monoisotopic (exact) mass is 348 g/mol. The molecule has 0 saturated carbocycles. The Kier molecular flexibility index (Phi) is 8.92. The van der Waals surface area contributed by atoms with Crippen LogP contribution in [0.25, 0.3) is 0 Å². The van der Waals surface area contributed by atoms with Crippen molar-refractivity contribution in [2.45, 2.75) is 64.4 Å². The quantitative estimate of drug-likeness (QED) is 0.422. The number of hydrogen-bond donors (Lipinski definition) is 0. The Morgan fingerprint density at radius 3 is 2.13 bits per heavy atom. The van der Waals surface area contributed by atoms with E-state index in [4.69, 9.17) is 27.8 Å². The van der Waals surface area contributed by atoms with Gasteiger partial charge in [0.15, 0.2) is 6.29 Å². The maximum atomic E-state index is 6.17. The summed E-state index contributed by atoms with van der Waals surface area (Å²) in [5.74, 6) is -1.02. The minimum Gasteiger partial charge on any atom is -0.393 e. The van der Waals surface area contributed by atoms with Crippen molar-refractivity contribution in [3.05, 3.63) is 12.3 Å². The topological polar surface area (TPSA) is 55.4 Å². The smallest absolute Gasteiger partial charge is 0.393 e. The van der Waals surface area contributed by atoms with E-state index >= 15 is 0 Å². The first kappa shape index (κ1) is 20.8. The highest BCUT2D eigenvalue weighted by Gasteiger charge is 2.45. The van der Waals surface area contributed by atoms with Crippen LogP contribution in [0.4, 0.5) is 0 Å². The van der Waals surface area contributed by atoms with Crippen molar-refractivity contribution in [1.82, 2.24) is 0 Å². The third-order valence-electron chi connectivity index (χ3n) is 4.07. The molecule has 0 radical (unpaired) electrons. The summed E-state index contributed by atoms with van der Waals surface area (Å²) in [5.41, 5.74) is 1.52.